The number of aryl methyl sites for hydroxylation is 2. The number of nitrogens with zero attached hydrogens (tertiary/aromatic N) is 4. The van der Waals surface area contributed by atoms with E-state index in [9.17, 15) is 0 Å². The first-order valence-electron chi connectivity index (χ1n) is 6.52. The Morgan fingerprint density at radius 3 is 2.67 bits per heavy atom. The topological polar surface area (TPSA) is 67.1 Å². The first kappa shape index (κ1) is 17.4. The summed E-state index contributed by atoms with van der Waals surface area (Å²) in [7, 11) is 3.67. The molecule has 0 aliphatic heterocycles. The van der Waals surface area contributed by atoms with Crippen molar-refractivity contribution >= 4 is 29.9 Å². The zero-order chi connectivity index (χ0) is 14.4. The van der Waals surface area contributed by atoms with E-state index in [-0.39, 0.29) is 24.0 Å². The summed E-state index contributed by atoms with van der Waals surface area (Å²) >= 11 is 0. The van der Waals surface area contributed by atoms with Crippen LogP contribution in [0.1, 0.15) is 17.0 Å². The molecule has 2 aromatic rings. The summed E-state index contributed by atoms with van der Waals surface area (Å²) in [5, 5.41) is 14.4. The molecule has 0 unspecified atom stereocenters. The van der Waals surface area contributed by atoms with Crippen LogP contribution >= 0.6 is 24.0 Å². The van der Waals surface area contributed by atoms with Gasteiger partial charge in [-0.25, -0.2) is 0 Å². The van der Waals surface area contributed by atoms with Gasteiger partial charge in [0.1, 0.15) is 6.33 Å². The Balaban J connectivity index is 0.00000220. The average molecular weight is 400 g/mol. The number of aromatic nitrogens is 3. The Labute approximate surface area is 142 Å². The largest absolute Gasteiger partial charge is 0.352 e. The van der Waals surface area contributed by atoms with Gasteiger partial charge in [0, 0.05) is 20.6 Å². The Hall–Kier alpha value is -1.64. The van der Waals surface area contributed by atoms with E-state index in [4.69, 9.17) is 0 Å². The van der Waals surface area contributed by atoms with Crippen molar-refractivity contribution in [1.29, 1.82) is 0 Å². The zero-order valence-electron chi connectivity index (χ0n) is 12.5. The van der Waals surface area contributed by atoms with E-state index in [1.165, 1.54) is 11.1 Å². The summed E-state index contributed by atoms with van der Waals surface area (Å²) in [6, 6.07) is 8.39. The van der Waals surface area contributed by atoms with Gasteiger partial charge in [-0.05, 0) is 12.5 Å². The normalized spacial score (nSPS) is 10.9. The van der Waals surface area contributed by atoms with Crippen LogP contribution in [0.5, 0.6) is 0 Å². The van der Waals surface area contributed by atoms with Crippen LogP contribution in [0.2, 0.25) is 0 Å². The molecule has 0 saturated carbocycles. The van der Waals surface area contributed by atoms with Crippen LogP contribution in [0, 0.1) is 6.92 Å². The van der Waals surface area contributed by atoms with Crippen molar-refractivity contribution in [2.75, 3.05) is 7.05 Å². The summed E-state index contributed by atoms with van der Waals surface area (Å²) in [5.74, 6) is 1.61. The molecule has 0 atom stereocenters. The Morgan fingerprint density at radius 1 is 1.29 bits per heavy atom. The van der Waals surface area contributed by atoms with Gasteiger partial charge in [-0.1, -0.05) is 29.8 Å². The molecular formula is C14H21IN6. The van der Waals surface area contributed by atoms with E-state index in [2.05, 4.69) is 57.0 Å². The van der Waals surface area contributed by atoms with Crippen LogP contribution in [0.25, 0.3) is 0 Å². The average Bonchev–Trinajstić information content (AvgIpc) is 2.85. The van der Waals surface area contributed by atoms with Crippen LogP contribution in [0.15, 0.2) is 35.6 Å². The highest BCUT2D eigenvalue weighted by molar-refractivity contribution is 14.0. The molecular weight excluding hydrogens is 379 g/mol. The number of guanidine groups is 1. The molecule has 7 heteroatoms. The second-order valence-corrected chi connectivity index (χ2v) is 4.63. The highest BCUT2D eigenvalue weighted by Gasteiger charge is 2.02. The van der Waals surface area contributed by atoms with Gasteiger partial charge in [0.25, 0.3) is 0 Å². The molecule has 0 radical (unpaired) electrons. The highest BCUT2D eigenvalue weighted by atomic mass is 127. The molecule has 0 aliphatic carbocycles. The fraction of sp³-hybridized carbons (Fsp3) is 0.357. The maximum absolute atomic E-state index is 4.19. The van der Waals surface area contributed by atoms with Crippen molar-refractivity contribution in [3.63, 3.8) is 0 Å². The molecule has 0 amide bonds. The molecule has 6 nitrogen and oxygen atoms in total. The molecule has 1 heterocycles. The van der Waals surface area contributed by atoms with Crippen LogP contribution in [-0.4, -0.2) is 27.8 Å². The van der Waals surface area contributed by atoms with Crippen LogP contribution in [-0.2, 0) is 20.1 Å². The first-order chi connectivity index (χ1) is 9.69. The molecule has 2 rings (SSSR count). The van der Waals surface area contributed by atoms with E-state index < -0.39 is 0 Å². The summed E-state index contributed by atoms with van der Waals surface area (Å²) < 4.78 is 1.88. The molecule has 2 N–H and O–H groups in total. The predicted octanol–water partition coefficient (Wildman–Crippen LogP) is 1.61. The minimum Gasteiger partial charge on any atom is -0.352 e. The van der Waals surface area contributed by atoms with Crippen molar-refractivity contribution in [3.8, 4) is 0 Å². The molecule has 1 aromatic carbocycles. The number of rotatable bonds is 4. The van der Waals surface area contributed by atoms with Gasteiger partial charge >= 0.3 is 0 Å². The third-order valence-electron chi connectivity index (χ3n) is 2.99. The number of halogens is 1. The Bertz CT molecular complexity index is 593. The quantitative estimate of drug-likeness (QED) is 0.465. The fourth-order valence-corrected chi connectivity index (χ4v) is 1.86. The van der Waals surface area contributed by atoms with Crippen molar-refractivity contribution in [3.05, 3.63) is 47.5 Å². The SMILES string of the molecule is CN=C(NCc1cccc(C)c1)NCc1nncn1C.I. The third-order valence-corrected chi connectivity index (χ3v) is 2.99. The van der Waals surface area contributed by atoms with Crippen LogP contribution < -0.4 is 10.6 Å². The maximum Gasteiger partial charge on any atom is 0.191 e. The summed E-state index contributed by atoms with van der Waals surface area (Å²) in [6.07, 6.45) is 1.68. The summed E-state index contributed by atoms with van der Waals surface area (Å²) in [6.45, 7) is 3.41. The van der Waals surface area contributed by atoms with Crippen LogP contribution in [0.4, 0.5) is 0 Å². The maximum atomic E-state index is 4.19. The molecule has 0 aliphatic rings. The van der Waals surface area contributed by atoms with E-state index in [1.54, 1.807) is 13.4 Å². The lowest BCUT2D eigenvalue weighted by Gasteiger charge is -2.11. The van der Waals surface area contributed by atoms with Crippen molar-refractivity contribution in [2.45, 2.75) is 20.0 Å². The number of benzene rings is 1. The number of aliphatic imine (C=N–C) groups is 1. The number of hydrogen-bond acceptors (Lipinski definition) is 3. The van der Waals surface area contributed by atoms with E-state index in [0.717, 1.165) is 18.3 Å². The molecule has 1 aromatic heterocycles. The standard InChI is InChI=1S/C14H20N6.HI/c1-11-5-4-6-12(7-11)8-16-14(15-2)17-9-13-19-18-10-20(13)3;/h4-7,10H,8-9H2,1-3H3,(H2,15,16,17);1H. The lowest BCUT2D eigenvalue weighted by atomic mass is 10.1. The molecule has 0 saturated heterocycles. The van der Waals surface area contributed by atoms with Crippen molar-refractivity contribution in [2.24, 2.45) is 12.0 Å². The van der Waals surface area contributed by atoms with Crippen LogP contribution in [0.3, 0.4) is 0 Å². The monoisotopic (exact) mass is 400 g/mol. The van der Waals surface area contributed by atoms with Gasteiger partial charge < -0.3 is 15.2 Å². The summed E-state index contributed by atoms with van der Waals surface area (Å²) in [4.78, 5) is 4.19. The van der Waals surface area contributed by atoms with Gasteiger partial charge in [-0.2, -0.15) is 0 Å². The second-order valence-electron chi connectivity index (χ2n) is 4.63. The zero-order valence-corrected chi connectivity index (χ0v) is 14.8. The number of hydrogen-bond donors (Lipinski definition) is 2. The Kier molecular flexibility index (Phi) is 7.13. The predicted molar refractivity (Wildman–Crippen MR) is 94.6 cm³/mol. The molecule has 21 heavy (non-hydrogen) atoms. The molecule has 0 spiro atoms. The van der Waals surface area contributed by atoms with Crippen molar-refractivity contribution < 1.29 is 0 Å². The second kappa shape index (κ2) is 8.60. The smallest absolute Gasteiger partial charge is 0.191 e. The lowest BCUT2D eigenvalue weighted by molar-refractivity contribution is 0.725. The van der Waals surface area contributed by atoms with Gasteiger partial charge in [-0.15, -0.1) is 34.2 Å². The Morgan fingerprint density at radius 2 is 2.05 bits per heavy atom. The van der Waals surface area contributed by atoms with E-state index in [0.29, 0.717) is 6.54 Å². The summed E-state index contributed by atoms with van der Waals surface area (Å²) in [5.41, 5.74) is 2.48. The van der Waals surface area contributed by atoms with E-state index >= 15 is 0 Å². The van der Waals surface area contributed by atoms with Gasteiger partial charge in [0.15, 0.2) is 11.8 Å². The molecule has 0 fully saturated rings. The minimum atomic E-state index is 0. The number of nitrogens with one attached hydrogen (secondary N) is 2. The van der Waals surface area contributed by atoms with Gasteiger partial charge in [0.05, 0.1) is 6.54 Å². The third kappa shape index (κ3) is 5.33. The van der Waals surface area contributed by atoms with E-state index in [1.807, 2.05) is 11.6 Å². The lowest BCUT2D eigenvalue weighted by Crippen LogP contribution is -2.36. The molecule has 114 valence electrons. The first-order valence-corrected chi connectivity index (χ1v) is 6.52. The van der Waals surface area contributed by atoms with Gasteiger partial charge in [-0.3, -0.25) is 4.99 Å². The highest BCUT2D eigenvalue weighted by Crippen LogP contribution is 2.03. The van der Waals surface area contributed by atoms with Crippen molar-refractivity contribution in [1.82, 2.24) is 25.4 Å². The van der Waals surface area contributed by atoms with Gasteiger partial charge in [0.2, 0.25) is 0 Å². The molecule has 0 bridgehead atoms. The minimum absolute atomic E-state index is 0. The fourth-order valence-electron chi connectivity index (χ4n) is 1.86.